The molecule has 140 valence electrons. The number of ether oxygens (including phenoxy) is 1. The Labute approximate surface area is 160 Å². The average Bonchev–Trinajstić information content (AvgIpc) is 3.12. The average molecular weight is 385 g/mol. The van der Waals surface area contributed by atoms with E-state index in [2.05, 4.69) is 16.9 Å². The molecule has 0 saturated carbocycles. The second kappa shape index (κ2) is 7.60. The lowest BCUT2D eigenvalue weighted by molar-refractivity contribution is -0.136. The maximum Gasteiger partial charge on any atom is 0.260 e. The lowest BCUT2D eigenvalue weighted by atomic mass is 10.0. The molecule has 0 aliphatic carbocycles. The van der Waals surface area contributed by atoms with Gasteiger partial charge in [-0.3, -0.25) is 4.79 Å². The number of fused-ring (bicyclic) bond motifs is 1. The van der Waals surface area contributed by atoms with Gasteiger partial charge in [0.2, 0.25) is 5.88 Å². The minimum absolute atomic E-state index is 0.0208. The van der Waals surface area contributed by atoms with Crippen molar-refractivity contribution in [2.45, 2.75) is 32.2 Å². The molecule has 0 N–H and O–H groups in total. The predicted molar refractivity (Wildman–Crippen MR) is 103 cm³/mol. The number of carbonyl (C=O) groups is 1. The highest BCUT2D eigenvalue weighted by Gasteiger charge is 2.24. The van der Waals surface area contributed by atoms with E-state index >= 15 is 0 Å². The van der Waals surface area contributed by atoms with E-state index in [0.29, 0.717) is 5.88 Å². The van der Waals surface area contributed by atoms with E-state index in [9.17, 15) is 9.18 Å². The van der Waals surface area contributed by atoms with Gasteiger partial charge >= 0.3 is 0 Å². The molecule has 3 heterocycles. The van der Waals surface area contributed by atoms with Gasteiger partial charge in [-0.25, -0.2) is 14.4 Å². The van der Waals surface area contributed by atoms with Crippen molar-refractivity contribution in [2.75, 3.05) is 13.2 Å². The summed E-state index contributed by atoms with van der Waals surface area (Å²) in [6.45, 7) is 2.81. The van der Waals surface area contributed by atoms with Crippen molar-refractivity contribution in [1.82, 2.24) is 14.9 Å². The van der Waals surface area contributed by atoms with Crippen molar-refractivity contribution < 1.29 is 13.9 Å². The zero-order valence-corrected chi connectivity index (χ0v) is 15.8. The maximum atomic E-state index is 13.3. The molecule has 7 heteroatoms. The third kappa shape index (κ3) is 3.64. The van der Waals surface area contributed by atoms with Crippen molar-refractivity contribution in [2.24, 2.45) is 0 Å². The van der Waals surface area contributed by atoms with E-state index in [4.69, 9.17) is 4.74 Å². The summed E-state index contributed by atoms with van der Waals surface area (Å²) in [5, 5.41) is 2.71. The van der Waals surface area contributed by atoms with Crippen LogP contribution in [0.2, 0.25) is 0 Å². The summed E-state index contributed by atoms with van der Waals surface area (Å²) < 4.78 is 19.1. The number of piperidine rings is 1. The number of hydrogen-bond acceptors (Lipinski definition) is 5. The molecule has 5 nitrogen and oxygen atoms in total. The molecule has 1 unspecified atom stereocenters. The molecule has 1 amide bonds. The van der Waals surface area contributed by atoms with Crippen LogP contribution in [0.4, 0.5) is 4.39 Å². The van der Waals surface area contributed by atoms with Crippen LogP contribution in [-0.2, 0) is 4.79 Å². The number of hydrogen-bond donors (Lipinski definition) is 0. The number of likely N-dealkylation sites (tertiary alicyclic amines) is 1. The molecule has 0 spiro atoms. The number of benzene rings is 1. The SMILES string of the molecule is CC1CCCCN1C(=O)COc1ncnc2scc(-c3ccc(F)cc3)c12. The van der Waals surface area contributed by atoms with Crippen LogP contribution in [0.3, 0.4) is 0 Å². The highest BCUT2D eigenvalue weighted by molar-refractivity contribution is 7.17. The van der Waals surface area contributed by atoms with E-state index in [-0.39, 0.29) is 24.4 Å². The summed E-state index contributed by atoms with van der Waals surface area (Å²) in [6.07, 6.45) is 4.67. The van der Waals surface area contributed by atoms with Gasteiger partial charge in [0.25, 0.3) is 5.91 Å². The van der Waals surface area contributed by atoms with Gasteiger partial charge in [0.1, 0.15) is 17.0 Å². The molecule has 0 radical (unpaired) electrons. The second-order valence-corrected chi connectivity index (χ2v) is 7.59. The Kier molecular flexibility index (Phi) is 5.03. The monoisotopic (exact) mass is 385 g/mol. The number of amides is 1. The van der Waals surface area contributed by atoms with E-state index in [1.165, 1.54) is 29.8 Å². The summed E-state index contributed by atoms with van der Waals surface area (Å²) in [6, 6.07) is 6.52. The molecule has 3 aromatic rings. The Morgan fingerprint density at radius 1 is 1.30 bits per heavy atom. The van der Waals surface area contributed by atoms with Gasteiger partial charge in [-0.05, 0) is 43.9 Å². The standard InChI is InChI=1S/C20H20FN3O2S/c1-13-4-2-3-9-24(13)17(25)10-26-19-18-16(11-27-20(18)23-12-22-19)14-5-7-15(21)8-6-14/h5-8,11-13H,2-4,9-10H2,1H3. The first-order chi connectivity index (χ1) is 13.1. The molecule has 2 aromatic heterocycles. The highest BCUT2D eigenvalue weighted by Crippen LogP contribution is 2.37. The van der Waals surface area contributed by atoms with Crippen molar-refractivity contribution in [3.8, 4) is 17.0 Å². The van der Waals surface area contributed by atoms with Crippen LogP contribution >= 0.6 is 11.3 Å². The smallest absolute Gasteiger partial charge is 0.260 e. The van der Waals surface area contributed by atoms with Gasteiger partial charge in [-0.15, -0.1) is 11.3 Å². The first kappa shape index (κ1) is 17.9. The van der Waals surface area contributed by atoms with Gasteiger partial charge in [0, 0.05) is 23.5 Å². The Hall–Kier alpha value is -2.54. The molecule has 1 fully saturated rings. The van der Waals surface area contributed by atoms with E-state index in [1.54, 1.807) is 12.1 Å². The molecule has 1 saturated heterocycles. The van der Waals surface area contributed by atoms with Crippen LogP contribution in [0.5, 0.6) is 5.88 Å². The Bertz CT molecular complexity index is 958. The fourth-order valence-electron chi connectivity index (χ4n) is 3.48. The Balaban J connectivity index is 1.59. The number of carbonyl (C=O) groups excluding carboxylic acids is 1. The first-order valence-electron chi connectivity index (χ1n) is 9.04. The van der Waals surface area contributed by atoms with E-state index in [0.717, 1.165) is 47.2 Å². The lowest BCUT2D eigenvalue weighted by Crippen LogP contribution is -2.44. The fourth-order valence-corrected chi connectivity index (χ4v) is 4.39. The maximum absolute atomic E-state index is 13.3. The predicted octanol–water partition coefficient (Wildman–Crippen LogP) is 4.28. The third-order valence-electron chi connectivity index (χ3n) is 4.95. The molecule has 1 aliphatic heterocycles. The van der Waals surface area contributed by atoms with Crippen molar-refractivity contribution in [1.29, 1.82) is 0 Å². The van der Waals surface area contributed by atoms with Crippen LogP contribution in [0.1, 0.15) is 26.2 Å². The minimum Gasteiger partial charge on any atom is -0.467 e. The number of rotatable bonds is 4. The molecule has 27 heavy (non-hydrogen) atoms. The molecule has 1 atom stereocenters. The van der Waals surface area contributed by atoms with E-state index in [1.807, 2.05) is 10.3 Å². The normalized spacial score (nSPS) is 17.3. The molecular formula is C20H20FN3O2S. The number of thiophene rings is 1. The van der Waals surface area contributed by atoms with Gasteiger partial charge in [0.15, 0.2) is 6.61 Å². The van der Waals surface area contributed by atoms with Crippen LogP contribution < -0.4 is 4.74 Å². The van der Waals surface area contributed by atoms with Crippen LogP contribution in [0.15, 0.2) is 36.0 Å². The molecule has 4 rings (SSSR count). The van der Waals surface area contributed by atoms with Gasteiger partial charge < -0.3 is 9.64 Å². The summed E-state index contributed by atoms with van der Waals surface area (Å²) in [7, 11) is 0. The summed E-state index contributed by atoms with van der Waals surface area (Å²) in [5.74, 6) is 0.0818. The zero-order valence-electron chi connectivity index (χ0n) is 15.0. The van der Waals surface area contributed by atoms with Gasteiger partial charge in [-0.1, -0.05) is 12.1 Å². The van der Waals surface area contributed by atoms with Crippen molar-refractivity contribution in [3.63, 3.8) is 0 Å². The number of aromatic nitrogens is 2. The third-order valence-corrected chi connectivity index (χ3v) is 5.83. The molecular weight excluding hydrogens is 365 g/mol. The summed E-state index contributed by atoms with van der Waals surface area (Å²) in [5.41, 5.74) is 1.74. The van der Waals surface area contributed by atoms with Gasteiger partial charge in [-0.2, -0.15) is 0 Å². The van der Waals surface area contributed by atoms with Crippen LogP contribution in [0.25, 0.3) is 21.3 Å². The highest BCUT2D eigenvalue weighted by atomic mass is 32.1. The Morgan fingerprint density at radius 3 is 2.89 bits per heavy atom. The first-order valence-corrected chi connectivity index (χ1v) is 9.92. The van der Waals surface area contributed by atoms with Crippen molar-refractivity contribution in [3.05, 3.63) is 41.8 Å². The van der Waals surface area contributed by atoms with E-state index < -0.39 is 0 Å². The molecule has 0 bridgehead atoms. The summed E-state index contributed by atoms with van der Waals surface area (Å²) in [4.78, 5) is 23.8. The molecule has 1 aliphatic rings. The fraction of sp³-hybridized carbons (Fsp3) is 0.350. The Morgan fingerprint density at radius 2 is 2.11 bits per heavy atom. The molecule has 1 aromatic carbocycles. The number of nitrogens with zero attached hydrogens (tertiary/aromatic N) is 3. The zero-order chi connectivity index (χ0) is 18.8. The van der Waals surface area contributed by atoms with Crippen LogP contribution in [-0.4, -0.2) is 40.0 Å². The second-order valence-electron chi connectivity index (χ2n) is 6.74. The minimum atomic E-state index is -0.285. The number of halogens is 1. The topological polar surface area (TPSA) is 55.3 Å². The summed E-state index contributed by atoms with van der Waals surface area (Å²) >= 11 is 1.47. The van der Waals surface area contributed by atoms with Crippen LogP contribution in [0, 0.1) is 5.82 Å². The largest absolute Gasteiger partial charge is 0.467 e. The lowest BCUT2D eigenvalue weighted by Gasteiger charge is -2.33. The van der Waals surface area contributed by atoms with Gasteiger partial charge in [0.05, 0.1) is 5.39 Å². The quantitative estimate of drug-likeness (QED) is 0.673. The van der Waals surface area contributed by atoms with Crippen molar-refractivity contribution >= 4 is 27.5 Å².